The van der Waals surface area contributed by atoms with Crippen molar-refractivity contribution in [1.82, 2.24) is 14.8 Å². The Balaban J connectivity index is 1.65. The number of aromatic amines is 1. The van der Waals surface area contributed by atoms with E-state index in [0.717, 1.165) is 50.1 Å². The van der Waals surface area contributed by atoms with Crippen LogP contribution in [-0.2, 0) is 6.42 Å². The highest BCUT2D eigenvalue weighted by Crippen LogP contribution is 2.28. The van der Waals surface area contributed by atoms with Gasteiger partial charge in [-0.15, -0.1) is 13.2 Å². The number of piperazine rings is 1. The van der Waals surface area contributed by atoms with Crippen LogP contribution >= 0.6 is 0 Å². The van der Waals surface area contributed by atoms with Gasteiger partial charge in [0.05, 0.1) is 0 Å². The molecule has 1 aromatic carbocycles. The first-order chi connectivity index (χ1) is 10.9. The van der Waals surface area contributed by atoms with Crippen molar-refractivity contribution in [3.8, 4) is 5.75 Å². The summed E-state index contributed by atoms with van der Waals surface area (Å²) in [4.78, 5) is 7.76. The van der Waals surface area contributed by atoms with Crippen LogP contribution in [0.3, 0.4) is 0 Å². The van der Waals surface area contributed by atoms with E-state index < -0.39 is 6.36 Å². The third-order valence-corrected chi connectivity index (χ3v) is 4.27. The molecule has 1 fully saturated rings. The molecule has 1 aliphatic heterocycles. The third kappa shape index (κ3) is 4.17. The maximum atomic E-state index is 12.3. The fourth-order valence-electron chi connectivity index (χ4n) is 2.92. The SMILES string of the molecule is CN1CCN(CCc2c[nH]c3cc(OC(F)(F)F)ccc23)CC1. The molecule has 0 amide bonds. The number of hydrogen-bond acceptors (Lipinski definition) is 3. The molecule has 2 heterocycles. The molecule has 0 bridgehead atoms. The summed E-state index contributed by atoms with van der Waals surface area (Å²) >= 11 is 0. The summed E-state index contributed by atoms with van der Waals surface area (Å²) in [7, 11) is 2.12. The van der Waals surface area contributed by atoms with Crippen LogP contribution in [0.25, 0.3) is 10.9 Å². The molecule has 2 aromatic rings. The molecule has 1 saturated heterocycles. The highest BCUT2D eigenvalue weighted by molar-refractivity contribution is 5.84. The number of fused-ring (bicyclic) bond motifs is 1. The lowest BCUT2D eigenvalue weighted by Gasteiger charge is -2.32. The van der Waals surface area contributed by atoms with Crippen LogP contribution < -0.4 is 4.74 Å². The Morgan fingerprint density at radius 1 is 1.17 bits per heavy atom. The van der Waals surface area contributed by atoms with E-state index in [4.69, 9.17) is 0 Å². The molecule has 4 nitrogen and oxygen atoms in total. The van der Waals surface area contributed by atoms with E-state index in [9.17, 15) is 13.2 Å². The number of benzene rings is 1. The zero-order valence-corrected chi connectivity index (χ0v) is 13.0. The summed E-state index contributed by atoms with van der Waals surface area (Å²) in [5.74, 6) is -0.197. The summed E-state index contributed by atoms with van der Waals surface area (Å²) in [6.07, 6.45) is -1.91. The summed E-state index contributed by atoms with van der Waals surface area (Å²) in [5, 5.41) is 0.952. The molecule has 3 rings (SSSR count). The minimum Gasteiger partial charge on any atom is -0.406 e. The number of aromatic nitrogens is 1. The second-order valence-corrected chi connectivity index (χ2v) is 5.96. The molecule has 1 aliphatic rings. The highest BCUT2D eigenvalue weighted by atomic mass is 19.4. The van der Waals surface area contributed by atoms with Crippen molar-refractivity contribution in [2.24, 2.45) is 0 Å². The van der Waals surface area contributed by atoms with Crippen LogP contribution in [0, 0.1) is 0 Å². The second kappa shape index (κ2) is 6.41. The average molecular weight is 327 g/mol. The van der Waals surface area contributed by atoms with E-state index in [1.807, 2.05) is 6.20 Å². The predicted molar refractivity (Wildman–Crippen MR) is 82.6 cm³/mol. The first kappa shape index (κ1) is 16.1. The van der Waals surface area contributed by atoms with E-state index in [1.54, 1.807) is 6.07 Å². The van der Waals surface area contributed by atoms with Crippen molar-refractivity contribution in [3.63, 3.8) is 0 Å². The van der Waals surface area contributed by atoms with Crippen molar-refractivity contribution in [1.29, 1.82) is 0 Å². The summed E-state index contributed by atoms with van der Waals surface area (Å²) in [6.45, 7) is 5.23. The summed E-state index contributed by atoms with van der Waals surface area (Å²) in [6, 6.07) is 4.44. The smallest absolute Gasteiger partial charge is 0.406 e. The Morgan fingerprint density at radius 3 is 2.61 bits per heavy atom. The van der Waals surface area contributed by atoms with Gasteiger partial charge >= 0.3 is 6.36 Å². The number of halogens is 3. The Labute approximate surface area is 132 Å². The number of ether oxygens (including phenoxy) is 1. The lowest BCUT2D eigenvalue weighted by Crippen LogP contribution is -2.45. The van der Waals surface area contributed by atoms with Gasteiger partial charge in [-0.25, -0.2) is 0 Å². The first-order valence-electron chi connectivity index (χ1n) is 7.67. The highest BCUT2D eigenvalue weighted by Gasteiger charge is 2.31. The van der Waals surface area contributed by atoms with E-state index >= 15 is 0 Å². The molecule has 0 radical (unpaired) electrons. The van der Waals surface area contributed by atoms with Gasteiger partial charge in [-0.2, -0.15) is 0 Å². The minimum atomic E-state index is -4.66. The monoisotopic (exact) mass is 327 g/mol. The van der Waals surface area contributed by atoms with Crippen molar-refractivity contribution in [3.05, 3.63) is 30.0 Å². The van der Waals surface area contributed by atoms with Gasteiger partial charge in [0.2, 0.25) is 0 Å². The number of nitrogens with one attached hydrogen (secondary N) is 1. The van der Waals surface area contributed by atoms with E-state index in [1.165, 1.54) is 12.1 Å². The fraction of sp³-hybridized carbons (Fsp3) is 0.500. The standard InChI is InChI=1S/C16H20F3N3O/c1-21-6-8-22(9-7-21)5-4-12-11-20-15-10-13(2-3-14(12)15)23-16(17,18)19/h2-3,10-11,20H,4-9H2,1H3. The Bertz CT molecular complexity index is 660. The van der Waals surface area contributed by atoms with Gasteiger partial charge in [0.25, 0.3) is 0 Å². The van der Waals surface area contributed by atoms with Gasteiger partial charge in [0.15, 0.2) is 0 Å². The van der Waals surface area contributed by atoms with Crippen LogP contribution in [0.15, 0.2) is 24.4 Å². The maximum absolute atomic E-state index is 12.3. The van der Waals surface area contributed by atoms with Crippen molar-refractivity contribution >= 4 is 10.9 Å². The van der Waals surface area contributed by atoms with Crippen molar-refractivity contribution < 1.29 is 17.9 Å². The maximum Gasteiger partial charge on any atom is 0.573 e. The Kier molecular flexibility index (Phi) is 4.50. The topological polar surface area (TPSA) is 31.5 Å². The summed E-state index contributed by atoms with van der Waals surface area (Å²) < 4.78 is 40.7. The number of likely N-dealkylation sites (N-methyl/N-ethyl adjacent to an activating group) is 1. The van der Waals surface area contributed by atoms with Gasteiger partial charge in [-0.05, 0) is 31.2 Å². The van der Waals surface area contributed by atoms with Crippen LogP contribution in [-0.4, -0.2) is 60.9 Å². The van der Waals surface area contributed by atoms with E-state index in [2.05, 4.69) is 26.6 Å². The Morgan fingerprint density at radius 2 is 1.91 bits per heavy atom. The second-order valence-electron chi connectivity index (χ2n) is 5.96. The number of rotatable bonds is 4. The van der Waals surface area contributed by atoms with Crippen molar-refractivity contribution in [2.45, 2.75) is 12.8 Å². The number of nitrogens with zero attached hydrogens (tertiary/aromatic N) is 2. The summed E-state index contributed by atoms with van der Waals surface area (Å²) in [5.41, 5.74) is 1.79. The molecule has 1 aromatic heterocycles. The number of hydrogen-bond donors (Lipinski definition) is 1. The average Bonchev–Trinajstić information content (AvgIpc) is 2.87. The largest absolute Gasteiger partial charge is 0.573 e. The lowest BCUT2D eigenvalue weighted by atomic mass is 10.1. The van der Waals surface area contributed by atoms with E-state index in [0.29, 0.717) is 5.52 Å². The molecule has 1 N–H and O–H groups in total. The molecule has 7 heteroatoms. The zero-order chi connectivity index (χ0) is 16.4. The molecule has 126 valence electrons. The number of H-pyrrole nitrogens is 1. The first-order valence-corrected chi connectivity index (χ1v) is 7.67. The van der Waals surface area contributed by atoms with Crippen LogP contribution in [0.1, 0.15) is 5.56 Å². The minimum absolute atomic E-state index is 0.197. The van der Waals surface area contributed by atoms with Gasteiger partial charge < -0.3 is 19.5 Å². The zero-order valence-electron chi connectivity index (χ0n) is 13.0. The molecule has 0 atom stereocenters. The van der Waals surface area contributed by atoms with Gasteiger partial charge in [-0.1, -0.05) is 0 Å². The number of alkyl halides is 3. The predicted octanol–water partition coefficient (Wildman–Crippen LogP) is 2.86. The van der Waals surface area contributed by atoms with Crippen molar-refractivity contribution in [2.75, 3.05) is 39.8 Å². The molecule has 0 spiro atoms. The fourth-order valence-corrected chi connectivity index (χ4v) is 2.92. The quantitative estimate of drug-likeness (QED) is 0.937. The third-order valence-electron chi connectivity index (χ3n) is 4.27. The molecule has 23 heavy (non-hydrogen) atoms. The molecule has 0 saturated carbocycles. The van der Waals surface area contributed by atoms with Crippen LogP contribution in [0.5, 0.6) is 5.75 Å². The lowest BCUT2D eigenvalue weighted by molar-refractivity contribution is -0.274. The van der Waals surface area contributed by atoms with Crippen LogP contribution in [0.2, 0.25) is 0 Å². The van der Waals surface area contributed by atoms with E-state index in [-0.39, 0.29) is 5.75 Å². The molecule has 0 unspecified atom stereocenters. The van der Waals surface area contributed by atoms with Crippen LogP contribution in [0.4, 0.5) is 13.2 Å². The van der Waals surface area contributed by atoms with Gasteiger partial charge in [0, 0.05) is 55.9 Å². The molecule has 0 aliphatic carbocycles. The Hall–Kier alpha value is -1.73. The van der Waals surface area contributed by atoms with Gasteiger partial charge in [0.1, 0.15) is 5.75 Å². The normalized spacial score (nSPS) is 17.7. The molecular formula is C16H20F3N3O. The molecular weight excluding hydrogens is 307 g/mol. The van der Waals surface area contributed by atoms with Gasteiger partial charge in [-0.3, -0.25) is 0 Å².